The van der Waals surface area contributed by atoms with Gasteiger partial charge in [0.15, 0.2) is 0 Å². The number of nitrogens with zero attached hydrogens (tertiary/aromatic N) is 1. The molecule has 0 aliphatic heterocycles. The van der Waals surface area contributed by atoms with Gasteiger partial charge >= 0.3 is 0 Å². The van der Waals surface area contributed by atoms with Crippen LogP contribution in [0.1, 0.15) is 26.5 Å². The summed E-state index contributed by atoms with van der Waals surface area (Å²) in [5.74, 6) is 1.26. The van der Waals surface area contributed by atoms with Crippen LogP contribution < -0.4 is 10.1 Å². The molecule has 2 aromatic rings. The first-order valence-electron chi connectivity index (χ1n) is 6.67. The van der Waals surface area contributed by atoms with Crippen molar-refractivity contribution in [2.45, 2.75) is 32.9 Å². The lowest BCUT2D eigenvalue weighted by Gasteiger charge is -2.20. The van der Waals surface area contributed by atoms with E-state index in [0.717, 1.165) is 15.9 Å². The second kappa shape index (κ2) is 6.77. The molecule has 0 unspecified atom stereocenters. The van der Waals surface area contributed by atoms with Crippen molar-refractivity contribution in [3.8, 4) is 11.6 Å². The summed E-state index contributed by atoms with van der Waals surface area (Å²) in [6, 6.07) is 11.2. The number of aromatic nitrogens is 1. The minimum atomic E-state index is 0.00612. The highest BCUT2D eigenvalue weighted by Gasteiger charge is 2.12. The fourth-order valence-electron chi connectivity index (χ4n) is 1.65. The van der Waals surface area contributed by atoms with Gasteiger partial charge < -0.3 is 10.1 Å². The summed E-state index contributed by atoms with van der Waals surface area (Å²) in [6.07, 6.45) is 0. The van der Waals surface area contributed by atoms with E-state index in [9.17, 15) is 0 Å². The lowest BCUT2D eigenvalue weighted by Crippen LogP contribution is -2.35. The number of ether oxygens (including phenoxy) is 1. The summed E-state index contributed by atoms with van der Waals surface area (Å²) in [5, 5.41) is 4.00. The predicted octanol–water partition coefficient (Wildman–Crippen LogP) is 5.18. The molecule has 0 aliphatic carbocycles. The van der Waals surface area contributed by atoms with Crippen molar-refractivity contribution in [2.24, 2.45) is 0 Å². The van der Waals surface area contributed by atoms with Crippen molar-refractivity contribution < 1.29 is 4.74 Å². The number of nitrogens with one attached hydrogen (secondary N) is 1. The predicted molar refractivity (Wildman–Crippen MR) is 90.1 cm³/mol. The maximum atomic E-state index is 6.19. The zero-order valence-corrected chi connectivity index (χ0v) is 14.6. The van der Waals surface area contributed by atoms with Crippen LogP contribution in [0.4, 0.5) is 0 Å². The van der Waals surface area contributed by atoms with E-state index in [0.29, 0.717) is 17.4 Å². The van der Waals surface area contributed by atoms with Gasteiger partial charge in [0.05, 0.1) is 10.7 Å². The van der Waals surface area contributed by atoms with Crippen LogP contribution in [-0.4, -0.2) is 10.5 Å². The normalized spacial score (nSPS) is 11.5. The molecule has 0 amide bonds. The van der Waals surface area contributed by atoms with Crippen LogP contribution in [0.5, 0.6) is 11.6 Å². The molecular formula is C16H18BrClN2O. The molecule has 0 spiro atoms. The van der Waals surface area contributed by atoms with Crippen molar-refractivity contribution in [1.82, 2.24) is 10.3 Å². The van der Waals surface area contributed by atoms with Gasteiger partial charge in [-0.25, -0.2) is 4.98 Å². The second-order valence-electron chi connectivity index (χ2n) is 5.74. The zero-order chi connectivity index (χ0) is 15.5. The van der Waals surface area contributed by atoms with Crippen LogP contribution in [0.25, 0.3) is 0 Å². The molecule has 0 atom stereocenters. The molecule has 112 valence electrons. The molecular weight excluding hydrogens is 352 g/mol. The maximum Gasteiger partial charge on any atom is 0.219 e. The molecule has 0 saturated heterocycles. The van der Waals surface area contributed by atoms with Crippen molar-refractivity contribution in [3.63, 3.8) is 0 Å². The summed E-state index contributed by atoms with van der Waals surface area (Å²) < 4.78 is 6.72. The minimum absolute atomic E-state index is 0.00612. The van der Waals surface area contributed by atoms with E-state index in [1.165, 1.54) is 0 Å². The number of rotatable bonds is 4. The smallest absolute Gasteiger partial charge is 0.219 e. The second-order valence-corrected chi connectivity index (χ2v) is 7.06. The van der Waals surface area contributed by atoms with E-state index in [4.69, 9.17) is 16.3 Å². The highest BCUT2D eigenvalue weighted by atomic mass is 79.9. The van der Waals surface area contributed by atoms with Crippen LogP contribution in [-0.2, 0) is 6.54 Å². The quantitative estimate of drug-likeness (QED) is 0.806. The molecule has 1 aromatic heterocycles. The highest BCUT2D eigenvalue weighted by Crippen LogP contribution is 2.25. The van der Waals surface area contributed by atoms with Crippen LogP contribution in [0, 0.1) is 0 Å². The van der Waals surface area contributed by atoms with E-state index in [-0.39, 0.29) is 5.54 Å². The Hall–Kier alpha value is -1.10. The molecule has 1 N–H and O–H groups in total. The van der Waals surface area contributed by atoms with Gasteiger partial charge in [-0.3, -0.25) is 0 Å². The Labute approximate surface area is 138 Å². The van der Waals surface area contributed by atoms with E-state index in [1.54, 1.807) is 6.07 Å². The third-order valence-corrected chi connectivity index (χ3v) is 3.54. The molecule has 1 heterocycles. The average Bonchev–Trinajstić information content (AvgIpc) is 2.38. The Morgan fingerprint density at radius 1 is 1.24 bits per heavy atom. The van der Waals surface area contributed by atoms with Gasteiger partial charge in [-0.15, -0.1) is 0 Å². The molecule has 2 rings (SSSR count). The van der Waals surface area contributed by atoms with E-state index in [1.807, 2.05) is 30.3 Å². The summed E-state index contributed by atoms with van der Waals surface area (Å²) in [7, 11) is 0. The number of hydrogen-bond donors (Lipinski definition) is 1. The number of pyridine rings is 1. The van der Waals surface area contributed by atoms with Gasteiger partial charge in [-0.1, -0.05) is 33.6 Å². The summed E-state index contributed by atoms with van der Waals surface area (Å²) in [5.41, 5.74) is 0.783. The highest BCUT2D eigenvalue weighted by molar-refractivity contribution is 9.10. The zero-order valence-electron chi connectivity index (χ0n) is 12.3. The van der Waals surface area contributed by atoms with Crippen LogP contribution >= 0.6 is 27.5 Å². The first-order chi connectivity index (χ1) is 9.83. The topological polar surface area (TPSA) is 34.2 Å². The Morgan fingerprint density at radius 2 is 2.00 bits per heavy atom. The number of halogens is 2. The first-order valence-corrected chi connectivity index (χ1v) is 7.84. The lowest BCUT2D eigenvalue weighted by molar-refractivity contribution is 0.416. The Kier molecular flexibility index (Phi) is 5.25. The molecule has 3 nitrogen and oxygen atoms in total. The molecule has 1 aromatic carbocycles. The Bertz CT molecular complexity index is 626. The molecule has 0 radical (unpaired) electrons. The maximum absolute atomic E-state index is 6.19. The van der Waals surface area contributed by atoms with E-state index >= 15 is 0 Å². The van der Waals surface area contributed by atoms with Gasteiger partial charge in [-0.05, 0) is 45.0 Å². The third-order valence-electron chi connectivity index (χ3n) is 2.70. The molecule has 5 heteroatoms. The molecule has 0 saturated carbocycles. The largest absolute Gasteiger partial charge is 0.439 e. The third kappa shape index (κ3) is 5.30. The lowest BCUT2D eigenvalue weighted by atomic mass is 10.1. The number of benzene rings is 1. The van der Waals surface area contributed by atoms with Crippen molar-refractivity contribution in [3.05, 3.63) is 51.6 Å². The van der Waals surface area contributed by atoms with Gasteiger partial charge in [0.1, 0.15) is 5.75 Å². The SMILES string of the molecule is CC(C)(C)NCc1nc(Oc2cccc(Br)c2)ccc1Cl. The molecule has 21 heavy (non-hydrogen) atoms. The van der Waals surface area contributed by atoms with Crippen LogP contribution in [0.2, 0.25) is 5.02 Å². The minimum Gasteiger partial charge on any atom is -0.439 e. The Balaban J connectivity index is 2.14. The molecule has 0 bridgehead atoms. The Morgan fingerprint density at radius 3 is 2.67 bits per heavy atom. The molecule has 0 fully saturated rings. The standard InChI is InChI=1S/C16H18BrClN2O/c1-16(2,3)19-10-14-13(18)7-8-15(20-14)21-12-6-4-5-11(17)9-12/h4-9,19H,10H2,1-3H3. The summed E-state index contributed by atoms with van der Waals surface area (Å²) in [4.78, 5) is 4.47. The van der Waals surface area contributed by atoms with E-state index in [2.05, 4.69) is 47.0 Å². The van der Waals surface area contributed by atoms with Gasteiger partial charge in [0.25, 0.3) is 0 Å². The fraction of sp³-hybridized carbons (Fsp3) is 0.312. The van der Waals surface area contributed by atoms with Crippen molar-refractivity contribution in [2.75, 3.05) is 0 Å². The fourth-order valence-corrected chi connectivity index (χ4v) is 2.20. The number of hydrogen-bond acceptors (Lipinski definition) is 3. The molecule has 0 aliphatic rings. The summed E-state index contributed by atoms with van der Waals surface area (Å²) >= 11 is 9.60. The van der Waals surface area contributed by atoms with E-state index < -0.39 is 0 Å². The van der Waals surface area contributed by atoms with Crippen LogP contribution in [0.3, 0.4) is 0 Å². The monoisotopic (exact) mass is 368 g/mol. The van der Waals surface area contributed by atoms with Gasteiger partial charge in [-0.2, -0.15) is 0 Å². The summed E-state index contributed by atoms with van der Waals surface area (Å²) in [6.45, 7) is 6.90. The first kappa shape index (κ1) is 16.3. The van der Waals surface area contributed by atoms with Crippen LogP contribution in [0.15, 0.2) is 40.9 Å². The van der Waals surface area contributed by atoms with Gasteiger partial charge in [0.2, 0.25) is 5.88 Å². The average molecular weight is 370 g/mol. The van der Waals surface area contributed by atoms with Crippen molar-refractivity contribution in [1.29, 1.82) is 0 Å². The van der Waals surface area contributed by atoms with Gasteiger partial charge in [0, 0.05) is 22.6 Å². The van der Waals surface area contributed by atoms with Crippen molar-refractivity contribution >= 4 is 27.5 Å².